The standard InChI is InChI=1S/C32H26N4O2/c1-21-33-28-19-20-36(29-14-8-7-13-27(29)30(28)34-21)32(38)23-15-17-24(18-16-23)35-31(37)26-12-6-5-11-25(26)22-9-3-2-4-10-22/h2-18H,19-20H2,1H3,(H,33,34)(H,35,37)/i1D3,20D2. The summed E-state index contributed by atoms with van der Waals surface area (Å²) in [7, 11) is 0. The number of fused-ring (bicyclic) bond motifs is 3. The molecule has 2 heterocycles. The Labute approximate surface area is 228 Å². The van der Waals surface area contributed by atoms with Gasteiger partial charge >= 0.3 is 0 Å². The van der Waals surface area contributed by atoms with Gasteiger partial charge in [-0.25, -0.2) is 4.98 Å². The molecule has 4 aromatic carbocycles. The number of benzene rings is 4. The fourth-order valence-electron chi connectivity index (χ4n) is 4.63. The van der Waals surface area contributed by atoms with E-state index in [9.17, 15) is 9.59 Å². The molecule has 6 heteroatoms. The number of aryl methyl sites for hydroxylation is 2. The Morgan fingerprint density at radius 2 is 1.61 bits per heavy atom. The molecule has 1 aromatic heterocycles. The average Bonchev–Trinajstić information content (AvgIpc) is 3.38. The van der Waals surface area contributed by atoms with E-state index in [-0.39, 0.29) is 29.4 Å². The first-order chi connectivity index (χ1) is 20.5. The number of rotatable bonds is 4. The van der Waals surface area contributed by atoms with Gasteiger partial charge in [-0.2, -0.15) is 0 Å². The minimum atomic E-state index is -2.50. The van der Waals surface area contributed by atoms with E-state index in [0.717, 1.165) is 16.0 Å². The highest BCUT2D eigenvalue weighted by Crippen LogP contribution is 2.36. The molecule has 0 spiro atoms. The third-order valence-electron chi connectivity index (χ3n) is 6.44. The first-order valence-electron chi connectivity index (χ1n) is 14.6. The summed E-state index contributed by atoms with van der Waals surface area (Å²) in [6, 6.07) is 29.9. The molecule has 0 unspecified atom stereocenters. The van der Waals surface area contributed by atoms with Crippen LogP contribution in [-0.4, -0.2) is 28.3 Å². The van der Waals surface area contributed by atoms with Gasteiger partial charge in [0.15, 0.2) is 0 Å². The lowest BCUT2D eigenvalue weighted by Crippen LogP contribution is -2.32. The minimum Gasteiger partial charge on any atom is -0.346 e. The molecular weight excluding hydrogens is 472 g/mol. The normalized spacial score (nSPS) is 15.9. The predicted octanol–water partition coefficient (Wildman–Crippen LogP) is 6.51. The molecule has 1 aliphatic rings. The number of hydrogen-bond acceptors (Lipinski definition) is 3. The molecule has 0 atom stereocenters. The lowest BCUT2D eigenvalue weighted by Gasteiger charge is -2.23. The van der Waals surface area contributed by atoms with E-state index in [2.05, 4.69) is 15.3 Å². The first-order valence-corrected chi connectivity index (χ1v) is 12.1. The quantitative estimate of drug-likeness (QED) is 0.294. The Bertz CT molecular complexity index is 1830. The number of anilines is 2. The SMILES string of the molecule is [2H]C([2H])([2H])c1nc2c([nH]1)CC([2H])([2H])N(C(=O)c1ccc(NC(=O)c3ccccc3-c3ccccc3)cc1)c1ccccc1-2. The van der Waals surface area contributed by atoms with Gasteiger partial charge in [0.05, 0.1) is 14.1 Å². The first kappa shape index (κ1) is 18.3. The summed E-state index contributed by atoms with van der Waals surface area (Å²) in [6.07, 6.45) is -0.291. The van der Waals surface area contributed by atoms with Crippen LogP contribution in [0.4, 0.5) is 11.4 Å². The second-order valence-electron chi connectivity index (χ2n) is 8.85. The van der Waals surface area contributed by atoms with Crippen molar-refractivity contribution in [3.8, 4) is 22.4 Å². The Morgan fingerprint density at radius 1 is 0.895 bits per heavy atom. The van der Waals surface area contributed by atoms with Crippen LogP contribution in [0.5, 0.6) is 0 Å². The maximum atomic E-state index is 13.9. The van der Waals surface area contributed by atoms with Crippen molar-refractivity contribution in [3.05, 3.63) is 126 Å². The Kier molecular flexibility index (Phi) is 4.73. The van der Waals surface area contributed by atoms with Crippen molar-refractivity contribution in [1.82, 2.24) is 9.97 Å². The number of aromatic amines is 1. The van der Waals surface area contributed by atoms with E-state index in [4.69, 9.17) is 6.85 Å². The second-order valence-corrected chi connectivity index (χ2v) is 8.85. The van der Waals surface area contributed by atoms with Gasteiger partial charge in [-0.05, 0) is 54.4 Å². The summed E-state index contributed by atoms with van der Waals surface area (Å²) in [5.74, 6) is -1.13. The van der Waals surface area contributed by atoms with E-state index in [0.29, 0.717) is 28.2 Å². The van der Waals surface area contributed by atoms with Crippen molar-refractivity contribution in [3.63, 3.8) is 0 Å². The highest BCUT2D eigenvalue weighted by Gasteiger charge is 2.26. The fourth-order valence-corrected chi connectivity index (χ4v) is 4.63. The smallest absolute Gasteiger partial charge is 0.258 e. The molecule has 0 bridgehead atoms. The number of imidazole rings is 1. The topological polar surface area (TPSA) is 78.1 Å². The van der Waals surface area contributed by atoms with Crippen molar-refractivity contribution in [2.75, 3.05) is 16.7 Å². The Hall–Kier alpha value is -4.97. The number of nitrogens with zero attached hydrogens (tertiary/aromatic N) is 2. The zero-order valence-electron chi connectivity index (χ0n) is 25.2. The number of para-hydroxylation sites is 1. The number of carbonyl (C=O) groups excluding carboxylic acids is 2. The van der Waals surface area contributed by atoms with Gasteiger partial charge in [-0.1, -0.05) is 66.7 Å². The minimum absolute atomic E-state index is 0.211. The number of amides is 2. The summed E-state index contributed by atoms with van der Waals surface area (Å²) in [5.41, 5.74) is 4.21. The molecule has 0 aliphatic carbocycles. The van der Waals surface area contributed by atoms with Crippen molar-refractivity contribution >= 4 is 23.2 Å². The monoisotopic (exact) mass is 503 g/mol. The van der Waals surface area contributed by atoms with E-state index in [1.54, 1.807) is 48.5 Å². The second kappa shape index (κ2) is 9.82. The number of H-pyrrole nitrogens is 1. The van der Waals surface area contributed by atoms with Crippen LogP contribution < -0.4 is 10.2 Å². The van der Waals surface area contributed by atoms with Crippen LogP contribution in [0.3, 0.4) is 0 Å². The van der Waals surface area contributed by atoms with Gasteiger partial charge in [-0.15, -0.1) is 0 Å². The maximum absolute atomic E-state index is 13.9. The molecule has 6 nitrogen and oxygen atoms in total. The molecule has 186 valence electrons. The summed E-state index contributed by atoms with van der Waals surface area (Å²) >= 11 is 0. The number of hydrogen-bond donors (Lipinski definition) is 2. The molecule has 6 rings (SSSR count). The van der Waals surface area contributed by atoms with Gasteiger partial charge in [0.2, 0.25) is 0 Å². The lowest BCUT2D eigenvalue weighted by atomic mass is 9.99. The molecule has 38 heavy (non-hydrogen) atoms. The van der Waals surface area contributed by atoms with Crippen LogP contribution in [0, 0.1) is 6.85 Å². The van der Waals surface area contributed by atoms with E-state index < -0.39 is 19.3 Å². The molecule has 1 aliphatic heterocycles. The Morgan fingerprint density at radius 3 is 2.39 bits per heavy atom. The van der Waals surface area contributed by atoms with Crippen LogP contribution in [0.1, 0.15) is 39.1 Å². The van der Waals surface area contributed by atoms with Crippen LogP contribution in [0.15, 0.2) is 103 Å². The third kappa shape index (κ3) is 4.37. The van der Waals surface area contributed by atoms with Crippen LogP contribution in [-0.2, 0) is 6.42 Å². The van der Waals surface area contributed by atoms with Crippen LogP contribution in [0.2, 0.25) is 0 Å². The lowest BCUT2D eigenvalue weighted by molar-refractivity contribution is 0.0986. The van der Waals surface area contributed by atoms with E-state index in [1.165, 1.54) is 12.1 Å². The molecule has 0 saturated carbocycles. The summed E-state index contributed by atoms with van der Waals surface area (Å²) in [5, 5.41) is 2.89. The van der Waals surface area contributed by atoms with Gasteiger partial charge in [-0.3, -0.25) is 9.59 Å². The van der Waals surface area contributed by atoms with Crippen molar-refractivity contribution in [2.24, 2.45) is 0 Å². The molecule has 0 fully saturated rings. The van der Waals surface area contributed by atoms with Crippen LogP contribution in [0.25, 0.3) is 22.4 Å². The largest absolute Gasteiger partial charge is 0.346 e. The molecule has 2 N–H and O–H groups in total. The molecule has 5 aromatic rings. The van der Waals surface area contributed by atoms with Crippen LogP contribution >= 0.6 is 0 Å². The fraction of sp³-hybridized carbons (Fsp3) is 0.0938. The molecular formula is C32H26N4O2. The summed E-state index contributed by atoms with van der Waals surface area (Å²) in [6.45, 7) is -4.71. The number of nitrogens with one attached hydrogen (secondary N) is 2. The van der Waals surface area contributed by atoms with Gasteiger partial charge < -0.3 is 15.2 Å². The predicted molar refractivity (Wildman–Crippen MR) is 150 cm³/mol. The highest BCUT2D eigenvalue weighted by atomic mass is 16.2. The highest BCUT2D eigenvalue weighted by molar-refractivity contribution is 6.10. The number of carbonyl (C=O) groups is 2. The van der Waals surface area contributed by atoms with Gasteiger partial charge in [0.1, 0.15) is 5.82 Å². The van der Waals surface area contributed by atoms with Crippen molar-refractivity contribution < 1.29 is 16.4 Å². The van der Waals surface area contributed by atoms with Gasteiger partial charge in [0, 0.05) is 45.1 Å². The zero-order chi connectivity index (χ0) is 30.4. The summed E-state index contributed by atoms with van der Waals surface area (Å²) in [4.78, 5) is 35.2. The molecule has 0 radical (unpaired) electrons. The molecule has 2 amide bonds. The molecule has 0 saturated heterocycles. The third-order valence-corrected chi connectivity index (χ3v) is 6.44. The summed E-state index contributed by atoms with van der Waals surface area (Å²) < 4.78 is 40.9. The maximum Gasteiger partial charge on any atom is 0.258 e. The average molecular weight is 504 g/mol. The van der Waals surface area contributed by atoms with Crippen molar-refractivity contribution in [1.29, 1.82) is 0 Å². The van der Waals surface area contributed by atoms with E-state index in [1.807, 2.05) is 42.5 Å². The van der Waals surface area contributed by atoms with Gasteiger partial charge in [0.25, 0.3) is 11.8 Å². The van der Waals surface area contributed by atoms with E-state index >= 15 is 0 Å². The number of aromatic nitrogens is 2. The Balaban J connectivity index is 1.28. The zero-order valence-corrected chi connectivity index (χ0v) is 20.2. The van der Waals surface area contributed by atoms with Crippen molar-refractivity contribution in [2.45, 2.75) is 13.3 Å².